The van der Waals surface area contributed by atoms with Crippen LogP contribution in [0, 0.1) is 5.92 Å². The number of aryl methyl sites for hydroxylation is 1. The van der Waals surface area contributed by atoms with Gasteiger partial charge < -0.3 is 24.1 Å². The summed E-state index contributed by atoms with van der Waals surface area (Å²) in [6.07, 6.45) is 4.53. The van der Waals surface area contributed by atoms with E-state index in [-0.39, 0.29) is 23.7 Å². The van der Waals surface area contributed by atoms with E-state index in [0.717, 1.165) is 28.5 Å². The zero-order valence-corrected chi connectivity index (χ0v) is 21.6. The molecule has 1 aromatic heterocycles. The highest BCUT2D eigenvalue weighted by molar-refractivity contribution is 5.88. The molecule has 4 rings (SSSR count). The standard InChI is InChI=1S/C29H36N2O5/c1-5-19-8-7-9-24-26(18-30-28(19)24)25(21-14-22(34-3)16-23(15-21)35-4)17-27(32)31-12-10-20(11-13-31)29(33)36-6-2/h7-9,14-16,18,20,25,30H,5-6,10-13,17H2,1-4H3. The highest BCUT2D eigenvalue weighted by Gasteiger charge is 2.31. The minimum absolute atomic E-state index is 0.0742. The molecule has 1 N–H and O–H groups in total. The largest absolute Gasteiger partial charge is 0.497 e. The number of rotatable bonds is 9. The van der Waals surface area contributed by atoms with E-state index in [1.807, 2.05) is 36.2 Å². The van der Waals surface area contributed by atoms with Gasteiger partial charge in [-0.3, -0.25) is 9.59 Å². The number of methoxy groups -OCH3 is 2. The summed E-state index contributed by atoms with van der Waals surface area (Å²) in [4.78, 5) is 31.1. The minimum atomic E-state index is -0.190. The van der Waals surface area contributed by atoms with Crippen LogP contribution in [-0.4, -0.2) is 55.7 Å². The molecule has 192 valence electrons. The lowest BCUT2D eigenvalue weighted by molar-refractivity contribution is -0.151. The number of hydrogen-bond acceptors (Lipinski definition) is 5. The van der Waals surface area contributed by atoms with Gasteiger partial charge in [0.25, 0.3) is 0 Å². The predicted octanol–water partition coefficient (Wildman–Crippen LogP) is 5.07. The van der Waals surface area contributed by atoms with Crippen LogP contribution >= 0.6 is 0 Å². The quantitative estimate of drug-likeness (QED) is 0.422. The third-order valence-electron chi connectivity index (χ3n) is 7.21. The first-order valence-electron chi connectivity index (χ1n) is 12.7. The predicted molar refractivity (Wildman–Crippen MR) is 140 cm³/mol. The van der Waals surface area contributed by atoms with Crippen LogP contribution in [0.4, 0.5) is 0 Å². The molecule has 7 nitrogen and oxygen atoms in total. The third-order valence-corrected chi connectivity index (χ3v) is 7.21. The van der Waals surface area contributed by atoms with Gasteiger partial charge in [0, 0.05) is 48.6 Å². The molecule has 1 amide bonds. The molecule has 1 aliphatic rings. The molecule has 36 heavy (non-hydrogen) atoms. The van der Waals surface area contributed by atoms with Crippen LogP contribution in [0.25, 0.3) is 10.9 Å². The molecule has 1 saturated heterocycles. The number of para-hydroxylation sites is 1. The van der Waals surface area contributed by atoms with E-state index < -0.39 is 0 Å². The molecule has 1 aliphatic heterocycles. The molecule has 0 saturated carbocycles. The van der Waals surface area contributed by atoms with Crippen molar-refractivity contribution >= 4 is 22.8 Å². The highest BCUT2D eigenvalue weighted by atomic mass is 16.5. The highest BCUT2D eigenvalue weighted by Crippen LogP contribution is 2.38. The number of nitrogens with zero attached hydrogens (tertiary/aromatic N) is 1. The van der Waals surface area contributed by atoms with Gasteiger partial charge in [0.2, 0.25) is 5.91 Å². The lowest BCUT2D eigenvalue weighted by atomic mass is 9.86. The number of aromatic nitrogens is 1. The monoisotopic (exact) mass is 492 g/mol. The van der Waals surface area contributed by atoms with Crippen molar-refractivity contribution in [3.63, 3.8) is 0 Å². The molecule has 0 aliphatic carbocycles. The van der Waals surface area contributed by atoms with Crippen LogP contribution < -0.4 is 9.47 Å². The Morgan fingerprint density at radius 3 is 2.36 bits per heavy atom. The Balaban J connectivity index is 1.65. The van der Waals surface area contributed by atoms with Crippen molar-refractivity contribution in [3.05, 3.63) is 59.3 Å². The Labute approximate surface area is 212 Å². The first kappa shape index (κ1) is 25.6. The minimum Gasteiger partial charge on any atom is -0.497 e. The van der Waals surface area contributed by atoms with Crippen LogP contribution in [0.3, 0.4) is 0 Å². The smallest absolute Gasteiger partial charge is 0.309 e. The second kappa shape index (κ2) is 11.5. The zero-order valence-electron chi connectivity index (χ0n) is 21.6. The second-order valence-electron chi connectivity index (χ2n) is 9.25. The summed E-state index contributed by atoms with van der Waals surface area (Å²) >= 11 is 0. The SMILES string of the molecule is CCOC(=O)C1CCN(C(=O)CC(c2cc(OC)cc(OC)c2)c2c[nH]c3c(CC)cccc23)CC1. The van der Waals surface area contributed by atoms with Gasteiger partial charge >= 0.3 is 5.97 Å². The number of aromatic amines is 1. The summed E-state index contributed by atoms with van der Waals surface area (Å²) in [5.74, 6) is 0.970. The lowest BCUT2D eigenvalue weighted by Crippen LogP contribution is -2.41. The molecule has 2 heterocycles. The summed E-state index contributed by atoms with van der Waals surface area (Å²) in [6.45, 7) is 5.46. The number of benzene rings is 2. The van der Waals surface area contributed by atoms with Crippen molar-refractivity contribution in [1.29, 1.82) is 0 Å². The maximum absolute atomic E-state index is 13.6. The molecule has 0 radical (unpaired) electrons. The Morgan fingerprint density at radius 2 is 1.75 bits per heavy atom. The molecule has 1 atom stereocenters. The number of carbonyl (C=O) groups is 2. The van der Waals surface area contributed by atoms with Crippen LogP contribution in [0.15, 0.2) is 42.6 Å². The lowest BCUT2D eigenvalue weighted by Gasteiger charge is -2.32. The number of nitrogens with one attached hydrogen (secondary N) is 1. The van der Waals surface area contributed by atoms with Crippen molar-refractivity contribution in [3.8, 4) is 11.5 Å². The number of piperidine rings is 1. The number of ether oxygens (including phenoxy) is 3. The van der Waals surface area contributed by atoms with Crippen molar-refractivity contribution in [1.82, 2.24) is 9.88 Å². The number of H-pyrrole nitrogens is 1. The van der Waals surface area contributed by atoms with Crippen molar-refractivity contribution in [2.75, 3.05) is 33.9 Å². The summed E-state index contributed by atoms with van der Waals surface area (Å²) in [6, 6.07) is 12.1. The normalized spacial score (nSPS) is 15.1. The van der Waals surface area contributed by atoms with E-state index in [1.165, 1.54) is 5.56 Å². The van der Waals surface area contributed by atoms with Crippen molar-refractivity contribution in [2.24, 2.45) is 5.92 Å². The second-order valence-corrected chi connectivity index (χ2v) is 9.25. The van der Waals surface area contributed by atoms with Crippen LogP contribution in [-0.2, 0) is 20.7 Å². The first-order valence-corrected chi connectivity index (χ1v) is 12.7. The Hall–Kier alpha value is -3.48. The average Bonchev–Trinajstić information content (AvgIpc) is 3.35. The van der Waals surface area contributed by atoms with E-state index in [2.05, 4.69) is 30.1 Å². The number of carbonyl (C=O) groups excluding carboxylic acids is 2. The molecule has 0 bridgehead atoms. The van der Waals surface area contributed by atoms with Crippen LogP contribution in [0.1, 0.15) is 55.7 Å². The molecule has 1 unspecified atom stereocenters. The third kappa shape index (κ3) is 5.35. The van der Waals surface area contributed by atoms with Gasteiger partial charge in [0.05, 0.1) is 26.7 Å². The van der Waals surface area contributed by atoms with Gasteiger partial charge in [-0.25, -0.2) is 0 Å². The topological polar surface area (TPSA) is 80.9 Å². The Bertz CT molecular complexity index is 1190. The van der Waals surface area contributed by atoms with E-state index >= 15 is 0 Å². The van der Waals surface area contributed by atoms with Gasteiger partial charge in [-0.05, 0) is 55.0 Å². The molecule has 7 heteroatoms. The molecular formula is C29H36N2O5. The van der Waals surface area contributed by atoms with Gasteiger partial charge in [0.1, 0.15) is 11.5 Å². The fourth-order valence-corrected chi connectivity index (χ4v) is 5.19. The van der Waals surface area contributed by atoms with E-state index in [9.17, 15) is 9.59 Å². The van der Waals surface area contributed by atoms with Crippen LogP contribution in [0.2, 0.25) is 0 Å². The number of esters is 1. The number of likely N-dealkylation sites (tertiary alicyclic amines) is 1. The molecule has 3 aromatic rings. The summed E-state index contributed by atoms with van der Waals surface area (Å²) in [7, 11) is 3.26. The van der Waals surface area contributed by atoms with Gasteiger partial charge in [-0.2, -0.15) is 0 Å². The average molecular weight is 493 g/mol. The zero-order chi connectivity index (χ0) is 25.7. The fourth-order valence-electron chi connectivity index (χ4n) is 5.19. The van der Waals surface area contributed by atoms with Crippen molar-refractivity contribution in [2.45, 2.75) is 45.4 Å². The van der Waals surface area contributed by atoms with Gasteiger partial charge in [-0.1, -0.05) is 25.1 Å². The molecular weight excluding hydrogens is 456 g/mol. The first-order chi connectivity index (χ1) is 17.5. The Morgan fingerprint density at radius 1 is 1.06 bits per heavy atom. The van der Waals surface area contributed by atoms with Gasteiger partial charge in [0.15, 0.2) is 0 Å². The van der Waals surface area contributed by atoms with Gasteiger partial charge in [-0.15, -0.1) is 0 Å². The van der Waals surface area contributed by atoms with E-state index in [0.29, 0.717) is 50.5 Å². The molecule has 2 aromatic carbocycles. The maximum Gasteiger partial charge on any atom is 0.309 e. The molecule has 0 spiro atoms. The number of hydrogen-bond donors (Lipinski definition) is 1. The van der Waals surface area contributed by atoms with E-state index in [4.69, 9.17) is 14.2 Å². The summed E-state index contributed by atoms with van der Waals surface area (Å²) in [5.41, 5.74) is 4.39. The number of fused-ring (bicyclic) bond motifs is 1. The number of amides is 1. The fraction of sp³-hybridized carbons (Fsp3) is 0.448. The van der Waals surface area contributed by atoms with E-state index in [1.54, 1.807) is 14.2 Å². The summed E-state index contributed by atoms with van der Waals surface area (Å²) < 4.78 is 16.3. The Kier molecular flexibility index (Phi) is 8.18. The van der Waals surface area contributed by atoms with Crippen molar-refractivity contribution < 1.29 is 23.8 Å². The van der Waals surface area contributed by atoms with Crippen LogP contribution in [0.5, 0.6) is 11.5 Å². The summed E-state index contributed by atoms with van der Waals surface area (Å²) in [5, 5.41) is 1.12. The molecule has 1 fully saturated rings. The maximum atomic E-state index is 13.6.